The van der Waals surface area contributed by atoms with E-state index in [0.29, 0.717) is 29.0 Å². The molecule has 0 saturated heterocycles. The zero-order chi connectivity index (χ0) is 24.1. The molecule has 0 aliphatic rings. The topological polar surface area (TPSA) is 64.0 Å². The van der Waals surface area contributed by atoms with Crippen molar-refractivity contribution >= 4 is 34.3 Å². The van der Waals surface area contributed by atoms with Gasteiger partial charge in [-0.05, 0) is 36.2 Å². The first-order valence-electron chi connectivity index (χ1n) is 10.5. The predicted molar refractivity (Wildman–Crippen MR) is 127 cm³/mol. The fraction of sp³-hybridized carbons (Fsp3) is 0.160. The molecule has 0 spiro atoms. The Kier molecular flexibility index (Phi) is 7.02. The third kappa shape index (κ3) is 5.48. The van der Waals surface area contributed by atoms with E-state index in [1.165, 1.54) is 22.8 Å². The van der Waals surface area contributed by atoms with Crippen molar-refractivity contribution in [3.05, 3.63) is 100 Å². The number of thioether (sulfide) groups is 1. The third-order valence-corrected chi connectivity index (χ3v) is 6.11. The van der Waals surface area contributed by atoms with E-state index in [1.807, 2.05) is 30.3 Å². The number of hydrogen-bond donors (Lipinski definition) is 1. The van der Waals surface area contributed by atoms with Crippen LogP contribution in [0.2, 0.25) is 0 Å². The molecule has 1 aromatic heterocycles. The lowest BCUT2D eigenvalue weighted by Gasteiger charge is -2.15. The molecule has 0 radical (unpaired) electrons. The Hall–Kier alpha value is -3.59. The number of halogens is 3. The summed E-state index contributed by atoms with van der Waals surface area (Å²) >= 11 is 1.01. The quantitative estimate of drug-likeness (QED) is 0.283. The zero-order valence-electron chi connectivity index (χ0n) is 17.9. The van der Waals surface area contributed by atoms with Crippen molar-refractivity contribution in [2.75, 3.05) is 11.1 Å². The highest BCUT2D eigenvalue weighted by atomic mass is 32.2. The molecule has 174 valence electrons. The van der Waals surface area contributed by atoms with Gasteiger partial charge in [0.2, 0.25) is 5.91 Å². The van der Waals surface area contributed by atoms with Crippen LogP contribution in [0.4, 0.5) is 18.9 Å². The van der Waals surface area contributed by atoms with Crippen LogP contribution in [0.5, 0.6) is 0 Å². The number of anilines is 1. The van der Waals surface area contributed by atoms with Crippen LogP contribution in [-0.4, -0.2) is 21.2 Å². The summed E-state index contributed by atoms with van der Waals surface area (Å²) in [6.45, 7) is 0.349. The van der Waals surface area contributed by atoms with Crippen molar-refractivity contribution in [2.24, 2.45) is 0 Å². The number of benzene rings is 3. The van der Waals surface area contributed by atoms with E-state index in [2.05, 4.69) is 10.3 Å². The minimum absolute atomic E-state index is 0.206. The number of aromatic nitrogens is 2. The van der Waals surface area contributed by atoms with Crippen LogP contribution in [0.25, 0.3) is 10.9 Å². The van der Waals surface area contributed by atoms with E-state index < -0.39 is 17.6 Å². The number of fused-ring (bicyclic) bond motifs is 1. The molecule has 1 amide bonds. The van der Waals surface area contributed by atoms with Crippen molar-refractivity contribution in [2.45, 2.75) is 24.3 Å². The van der Waals surface area contributed by atoms with Gasteiger partial charge in [0.05, 0.1) is 27.9 Å². The average molecular weight is 484 g/mol. The zero-order valence-corrected chi connectivity index (χ0v) is 18.7. The van der Waals surface area contributed by atoms with Gasteiger partial charge in [-0.15, -0.1) is 0 Å². The second-order valence-corrected chi connectivity index (χ2v) is 8.43. The number of nitrogens with zero attached hydrogens (tertiary/aromatic N) is 2. The fourth-order valence-electron chi connectivity index (χ4n) is 3.50. The van der Waals surface area contributed by atoms with Gasteiger partial charge in [0.15, 0.2) is 5.16 Å². The Morgan fingerprint density at radius 1 is 0.941 bits per heavy atom. The highest BCUT2D eigenvalue weighted by Crippen LogP contribution is 2.34. The van der Waals surface area contributed by atoms with Crippen LogP contribution < -0.4 is 10.9 Å². The second-order valence-electron chi connectivity index (χ2n) is 7.48. The molecular formula is C25H20F3N3O2S. The summed E-state index contributed by atoms with van der Waals surface area (Å²) in [4.78, 5) is 30.2. The first kappa shape index (κ1) is 23.6. The van der Waals surface area contributed by atoms with Crippen LogP contribution in [-0.2, 0) is 23.9 Å². The van der Waals surface area contributed by atoms with Gasteiger partial charge in [-0.2, -0.15) is 13.2 Å². The van der Waals surface area contributed by atoms with Gasteiger partial charge >= 0.3 is 6.18 Å². The van der Waals surface area contributed by atoms with Crippen LogP contribution in [0.15, 0.2) is 88.8 Å². The van der Waals surface area contributed by atoms with Crippen molar-refractivity contribution in [1.29, 1.82) is 0 Å². The summed E-state index contributed by atoms with van der Waals surface area (Å²) in [6.07, 6.45) is -4.01. The fourth-order valence-corrected chi connectivity index (χ4v) is 4.32. The number of alkyl halides is 3. The number of hydrogen-bond acceptors (Lipinski definition) is 4. The van der Waals surface area contributed by atoms with Gasteiger partial charge < -0.3 is 5.32 Å². The van der Waals surface area contributed by atoms with Crippen LogP contribution in [0.3, 0.4) is 0 Å². The van der Waals surface area contributed by atoms with E-state index in [-0.39, 0.29) is 17.0 Å². The maximum absolute atomic E-state index is 13.2. The van der Waals surface area contributed by atoms with Gasteiger partial charge in [-0.3, -0.25) is 14.2 Å². The summed E-state index contributed by atoms with van der Waals surface area (Å²) in [6, 6.07) is 21.4. The summed E-state index contributed by atoms with van der Waals surface area (Å²) in [5, 5.41) is 3.12. The molecule has 9 heteroatoms. The molecule has 4 rings (SSSR count). The molecular weight excluding hydrogens is 463 g/mol. The lowest BCUT2D eigenvalue weighted by atomic mass is 10.1. The van der Waals surface area contributed by atoms with E-state index in [1.54, 1.807) is 24.3 Å². The molecule has 5 nitrogen and oxygen atoms in total. The average Bonchev–Trinajstić information content (AvgIpc) is 2.82. The molecule has 0 aliphatic carbocycles. The molecule has 0 unspecified atom stereocenters. The second kappa shape index (κ2) is 10.1. The van der Waals surface area contributed by atoms with Crippen molar-refractivity contribution < 1.29 is 18.0 Å². The molecule has 0 aliphatic heterocycles. The maximum atomic E-state index is 13.2. The van der Waals surface area contributed by atoms with Gasteiger partial charge in [0, 0.05) is 6.54 Å². The van der Waals surface area contributed by atoms with Gasteiger partial charge in [-0.1, -0.05) is 66.4 Å². The maximum Gasteiger partial charge on any atom is 0.418 e. The van der Waals surface area contributed by atoms with Gasteiger partial charge in [0.1, 0.15) is 0 Å². The lowest BCUT2D eigenvalue weighted by molar-refractivity contribution is -0.137. The van der Waals surface area contributed by atoms with E-state index in [0.717, 1.165) is 23.4 Å². The van der Waals surface area contributed by atoms with Crippen LogP contribution >= 0.6 is 11.8 Å². The summed E-state index contributed by atoms with van der Waals surface area (Å²) in [5.41, 5.74) is 0.0751. The minimum atomic E-state index is -4.59. The Morgan fingerprint density at radius 3 is 2.38 bits per heavy atom. The van der Waals surface area contributed by atoms with Crippen molar-refractivity contribution in [3.63, 3.8) is 0 Å². The third-order valence-electron chi connectivity index (χ3n) is 5.13. The number of carbonyl (C=O) groups is 1. The normalized spacial score (nSPS) is 11.5. The van der Waals surface area contributed by atoms with Crippen LogP contribution in [0, 0.1) is 0 Å². The van der Waals surface area contributed by atoms with Gasteiger partial charge in [-0.25, -0.2) is 4.98 Å². The molecule has 0 bridgehead atoms. The standard InChI is InChI=1S/C25H20F3N3O2S/c26-25(27,28)19-11-5-7-13-21(19)29-22(32)16-34-24-30-20-12-6-4-10-18(20)23(33)31(24)15-14-17-8-2-1-3-9-17/h1-13H,14-16H2,(H,29,32). The largest absolute Gasteiger partial charge is 0.418 e. The highest BCUT2D eigenvalue weighted by molar-refractivity contribution is 7.99. The molecule has 4 aromatic rings. The minimum Gasteiger partial charge on any atom is -0.325 e. The molecule has 1 N–H and O–H groups in total. The number of nitrogens with one attached hydrogen (secondary N) is 1. The Morgan fingerprint density at radius 2 is 1.62 bits per heavy atom. The first-order chi connectivity index (χ1) is 16.3. The number of carbonyl (C=O) groups excluding carboxylic acids is 1. The Bertz CT molecular complexity index is 1370. The molecule has 0 atom stereocenters. The summed E-state index contributed by atoms with van der Waals surface area (Å²) in [7, 11) is 0. The number of para-hydroxylation sites is 2. The summed E-state index contributed by atoms with van der Waals surface area (Å²) < 4.78 is 41.2. The monoisotopic (exact) mass is 483 g/mol. The number of rotatable bonds is 7. The van der Waals surface area contributed by atoms with Crippen molar-refractivity contribution in [3.8, 4) is 0 Å². The predicted octanol–water partition coefficient (Wildman–Crippen LogP) is 5.39. The molecule has 0 saturated carbocycles. The lowest BCUT2D eigenvalue weighted by Crippen LogP contribution is -2.25. The molecule has 3 aromatic carbocycles. The van der Waals surface area contributed by atoms with E-state index in [9.17, 15) is 22.8 Å². The highest BCUT2D eigenvalue weighted by Gasteiger charge is 2.33. The first-order valence-corrected chi connectivity index (χ1v) is 11.4. The number of amides is 1. The molecule has 1 heterocycles. The smallest absolute Gasteiger partial charge is 0.325 e. The molecule has 34 heavy (non-hydrogen) atoms. The Labute approximate surface area is 197 Å². The van der Waals surface area contributed by atoms with Crippen molar-refractivity contribution in [1.82, 2.24) is 9.55 Å². The van der Waals surface area contributed by atoms with E-state index in [4.69, 9.17) is 0 Å². The SMILES string of the molecule is O=C(CSc1nc2ccccc2c(=O)n1CCc1ccccc1)Nc1ccccc1C(F)(F)F. The Balaban J connectivity index is 1.56. The molecule has 0 fully saturated rings. The van der Waals surface area contributed by atoms with E-state index >= 15 is 0 Å². The number of aryl methyl sites for hydroxylation is 1. The van der Waals surface area contributed by atoms with Crippen LogP contribution in [0.1, 0.15) is 11.1 Å². The van der Waals surface area contributed by atoms with Gasteiger partial charge in [0.25, 0.3) is 5.56 Å². The summed E-state index contributed by atoms with van der Waals surface area (Å²) in [5.74, 6) is -0.832.